The fourth-order valence-electron chi connectivity index (χ4n) is 6.16. The Kier molecular flexibility index (Phi) is 8.00. The molecular formula is C39H32N4O5. The van der Waals surface area contributed by atoms with Gasteiger partial charge in [0.1, 0.15) is 0 Å². The second kappa shape index (κ2) is 12.7. The number of aromatic amines is 2. The Labute approximate surface area is 275 Å². The quantitative estimate of drug-likeness (QED) is 0.160. The van der Waals surface area contributed by atoms with E-state index in [-0.39, 0.29) is 28.4 Å². The summed E-state index contributed by atoms with van der Waals surface area (Å²) in [6, 6.07) is 40.9. The zero-order valence-electron chi connectivity index (χ0n) is 26.3. The lowest BCUT2D eigenvalue weighted by atomic mass is 9.82. The molecule has 0 bridgehead atoms. The fraction of sp³-hybridized carbons (Fsp3) is 0.0769. The largest absolute Gasteiger partial charge is 0.502 e. The Morgan fingerprint density at radius 3 is 1.27 bits per heavy atom. The van der Waals surface area contributed by atoms with E-state index in [4.69, 9.17) is 9.47 Å². The van der Waals surface area contributed by atoms with Crippen molar-refractivity contribution < 1.29 is 14.6 Å². The van der Waals surface area contributed by atoms with Gasteiger partial charge in [0.25, 0.3) is 11.1 Å². The van der Waals surface area contributed by atoms with Gasteiger partial charge in [-0.25, -0.2) is 9.36 Å². The summed E-state index contributed by atoms with van der Waals surface area (Å²) in [6.45, 7) is 0. The molecule has 238 valence electrons. The molecule has 7 rings (SSSR count). The van der Waals surface area contributed by atoms with Crippen molar-refractivity contribution in [1.29, 1.82) is 0 Å². The zero-order chi connectivity index (χ0) is 33.2. The van der Waals surface area contributed by atoms with Gasteiger partial charge < -0.3 is 14.6 Å². The number of ether oxygens (including phenoxy) is 2. The number of phenolic OH excluding ortho intramolecular Hbond substituents is 1. The molecule has 0 aliphatic heterocycles. The smallest absolute Gasteiger partial charge is 0.276 e. The summed E-state index contributed by atoms with van der Waals surface area (Å²) in [5.74, 6) is -0.897. The zero-order valence-corrected chi connectivity index (χ0v) is 26.3. The van der Waals surface area contributed by atoms with Gasteiger partial charge >= 0.3 is 0 Å². The number of para-hydroxylation sites is 2. The average molecular weight is 637 g/mol. The Hall–Kier alpha value is -6.48. The van der Waals surface area contributed by atoms with E-state index in [1.807, 2.05) is 121 Å². The molecule has 5 aromatic carbocycles. The van der Waals surface area contributed by atoms with Gasteiger partial charge in [0, 0.05) is 5.92 Å². The highest BCUT2D eigenvalue weighted by Gasteiger charge is 2.35. The fourth-order valence-corrected chi connectivity index (χ4v) is 6.16. The van der Waals surface area contributed by atoms with Gasteiger partial charge in [0.2, 0.25) is 5.75 Å². The van der Waals surface area contributed by atoms with Crippen molar-refractivity contribution in [1.82, 2.24) is 19.6 Å². The molecule has 0 fully saturated rings. The van der Waals surface area contributed by atoms with E-state index in [2.05, 4.69) is 10.2 Å². The molecule has 0 saturated carbocycles. The molecule has 2 aromatic heterocycles. The molecule has 0 atom stereocenters. The van der Waals surface area contributed by atoms with E-state index in [9.17, 15) is 14.7 Å². The van der Waals surface area contributed by atoms with E-state index in [1.54, 1.807) is 12.1 Å². The molecule has 48 heavy (non-hydrogen) atoms. The van der Waals surface area contributed by atoms with Crippen LogP contribution in [-0.4, -0.2) is 38.9 Å². The average Bonchev–Trinajstić information content (AvgIpc) is 3.67. The Bertz CT molecular complexity index is 2150. The van der Waals surface area contributed by atoms with Crippen molar-refractivity contribution in [2.75, 3.05) is 14.2 Å². The maximum atomic E-state index is 14.9. The maximum Gasteiger partial charge on any atom is 0.276 e. The first-order valence-corrected chi connectivity index (χ1v) is 15.4. The lowest BCUT2D eigenvalue weighted by Gasteiger charge is -2.20. The number of rotatable bonds is 9. The van der Waals surface area contributed by atoms with E-state index < -0.39 is 5.92 Å². The van der Waals surface area contributed by atoms with E-state index in [1.165, 1.54) is 23.6 Å². The van der Waals surface area contributed by atoms with Crippen LogP contribution < -0.4 is 20.6 Å². The lowest BCUT2D eigenvalue weighted by molar-refractivity contribution is 0.339. The number of aromatic nitrogens is 4. The van der Waals surface area contributed by atoms with Crippen molar-refractivity contribution in [2.24, 2.45) is 0 Å². The minimum Gasteiger partial charge on any atom is -0.502 e. The van der Waals surface area contributed by atoms with Crippen molar-refractivity contribution >= 4 is 0 Å². The van der Waals surface area contributed by atoms with Crippen LogP contribution in [0.4, 0.5) is 0 Å². The third-order valence-electron chi connectivity index (χ3n) is 8.42. The number of nitrogens with one attached hydrogen (secondary N) is 2. The summed E-state index contributed by atoms with van der Waals surface area (Å²) in [5, 5.41) is 17.6. The van der Waals surface area contributed by atoms with Crippen molar-refractivity contribution in [3.63, 3.8) is 0 Å². The van der Waals surface area contributed by atoms with Gasteiger partial charge in [-0.3, -0.25) is 19.8 Å². The second-order valence-electron chi connectivity index (χ2n) is 11.2. The van der Waals surface area contributed by atoms with Gasteiger partial charge in [-0.05, 0) is 53.1 Å². The number of methoxy groups -OCH3 is 2. The molecule has 0 aliphatic rings. The van der Waals surface area contributed by atoms with Gasteiger partial charge in [-0.15, -0.1) is 0 Å². The molecule has 9 nitrogen and oxygen atoms in total. The molecule has 2 heterocycles. The number of hydrogen-bond acceptors (Lipinski definition) is 5. The third-order valence-corrected chi connectivity index (χ3v) is 8.42. The summed E-state index contributed by atoms with van der Waals surface area (Å²) in [6.07, 6.45) is 0. The number of benzene rings is 5. The molecule has 0 spiro atoms. The Morgan fingerprint density at radius 1 is 0.562 bits per heavy atom. The minimum atomic E-state index is -0.971. The van der Waals surface area contributed by atoms with Gasteiger partial charge in [-0.1, -0.05) is 97.1 Å². The maximum absolute atomic E-state index is 14.9. The minimum absolute atomic E-state index is 0.134. The van der Waals surface area contributed by atoms with E-state index in [0.717, 1.165) is 11.1 Å². The Morgan fingerprint density at radius 2 is 0.917 bits per heavy atom. The van der Waals surface area contributed by atoms with Crippen molar-refractivity contribution in [3.05, 3.63) is 171 Å². The van der Waals surface area contributed by atoms with Crippen molar-refractivity contribution in [3.8, 4) is 51.1 Å². The Balaban J connectivity index is 1.64. The first-order valence-electron chi connectivity index (χ1n) is 15.4. The number of hydrogen-bond donors (Lipinski definition) is 3. The molecular weight excluding hydrogens is 604 g/mol. The van der Waals surface area contributed by atoms with Gasteiger partial charge in [0.15, 0.2) is 11.5 Å². The van der Waals surface area contributed by atoms with Crippen LogP contribution in [0.2, 0.25) is 0 Å². The molecule has 0 aliphatic carbocycles. The molecule has 0 unspecified atom stereocenters. The summed E-state index contributed by atoms with van der Waals surface area (Å²) < 4.78 is 14.1. The number of aromatic hydroxyl groups is 1. The van der Waals surface area contributed by atoms with Gasteiger partial charge in [-0.2, -0.15) is 0 Å². The first kappa shape index (κ1) is 30.2. The van der Waals surface area contributed by atoms with E-state index >= 15 is 0 Å². The third kappa shape index (κ3) is 5.27. The highest BCUT2D eigenvalue weighted by atomic mass is 16.5. The summed E-state index contributed by atoms with van der Waals surface area (Å²) in [7, 11) is 2.88. The van der Waals surface area contributed by atoms with Crippen molar-refractivity contribution in [2.45, 2.75) is 5.92 Å². The summed E-state index contributed by atoms with van der Waals surface area (Å²) in [5.41, 5.74) is 4.30. The predicted octanol–water partition coefficient (Wildman–Crippen LogP) is 6.88. The van der Waals surface area contributed by atoms with Crippen LogP contribution in [-0.2, 0) is 0 Å². The van der Waals surface area contributed by atoms with Crippen LogP contribution in [0.3, 0.4) is 0 Å². The number of H-pyrrole nitrogens is 2. The molecule has 7 aromatic rings. The number of phenols is 1. The standard InChI is InChI=1S/C39H32N4O5/c1-47-30-23-27(24-31(48-2)37(30)44)32(33-35(25-15-7-3-8-16-25)40-42(38(33)45)28-19-11-5-12-20-28)34-36(26-17-9-4-10-18-26)41-43(39(34)46)29-21-13-6-14-22-29/h3-24,32,40-41,44H,1-2H3. The van der Waals surface area contributed by atoms with Gasteiger partial charge in [0.05, 0.1) is 48.1 Å². The molecule has 3 N–H and O–H groups in total. The lowest BCUT2D eigenvalue weighted by Crippen LogP contribution is -2.25. The topological polar surface area (TPSA) is 114 Å². The van der Waals surface area contributed by atoms with Crippen LogP contribution in [0.25, 0.3) is 33.9 Å². The normalized spacial score (nSPS) is 11.1. The molecule has 0 radical (unpaired) electrons. The van der Waals surface area contributed by atoms with Crippen LogP contribution in [0.5, 0.6) is 17.2 Å². The van der Waals surface area contributed by atoms with Crippen LogP contribution in [0.1, 0.15) is 22.6 Å². The SMILES string of the molecule is COc1cc(C(c2c(-c3ccccc3)[nH]n(-c3ccccc3)c2=O)c2c(-c3ccccc3)[nH]n(-c3ccccc3)c2=O)cc(OC)c1O. The second-order valence-corrected chi connectivity index (χ2v) is 11.2. The van der Waals surface area contributed by atoms with Crippen LogP contribution >= 0.6 is 0 Å². The molecule has 9 heteroatoms. The van der Waals surface area contributed by atoms with Crippen LogP contribution in [0, 0.1) is 0 Å². The van der Waals surface area contributed by atoms with Crippen LogP contribution in [0.15, 0.2) is 143 Å². The monoisotopic (exact) mass is 636 g/mol. The predicted molar refractivity (Wildman–Crippen MR) is 186 cm³/mol. The first-order chi connectivity index (χ1) is 23.5. The van der Waals surface area contributed by atoms with E-state index in [0.29, 0.717) is 39.5 Å². The number of nitrogens with zero attached hydrogens (tertiary/aromatic N) is 2. The summed E-state index contributed by atoms with van der Waals surface area (Å²) >= 11 is 0. The summed E-state index contributed by atoms with van der Waals surface area (Å²) in [4.78, 5) is 29.7. The highest BCUT2D eigenvalue weighted by molar-refractivity contribution is 5.72. The molecule has 0 amide bonds. The highest BCUT2D eigenvalue weighted by Crippen LogP contribution is 2.44. The molecule has 0 saturated heterocycles.